The Morgan fingerprint density at radius 2 is 2.18 bits per heavy atom. The molecule has 0 radical (unpaired) electrons. The van der Waals surface area contributed by atoms with Crippen LogP contribution in [0.2, 0.25) is 0 Å². The Labute approximate surface area is 99.4 Å². The molecule has 1 aromatic carbocycles. The molecular formula is C11H7F2NO2S. The SMILES string of the molecule is O=C(O)c1cnc(-c2cccc(C(F)F)c2)s1. The number of carbonyl (C=O) groups is 1. The van der Waals surface area contributed by atoms with E-state index in [9.17, 15) is 13.6 Å². The molecule has 0 atom stereocenters. The maximum atomic E-state index is 12.5. The number of nitrogens with zero attached hydrogens (tertiary/aromatic N) is 1. The molecule has 1 N–H and O–H groups in total. The van der Waals surface area contributed by atoms with E-state index in [4.69, 9.17) is 5.11 Å². The Kier molecular flexibility index (Phi) is 3.14. The molecule has 2 aromatic rings. The van der Waals surface area contributed by atoms with Crippen molar-refractivity contribution in [2.24, 2.45) is 0 Å². The maximum absolute atomic E-state index is 12.5. The first-order valence-electron chi connectivity index (χ1n) is 4.65. The number of alkyl halides is 2. The van der Waals surface area contributed by atoms with Gasteiger partial charge in [-0.25, -0.2) is 18.6 Å². The predicted molar refractivity (Wildman–Crippen MR) is 59.5 cm³/mol. The summed E-state index contributed by atoms with van der Waals surface area (Å²) in [6.07, 6.45) is -1.33. The zero-order chi connectivity index (χ0) is 12.4. The summed E-state index contributed by atoms with van der Waals surface area (Å²) in [7, 11) is 0. The van der Waals surface area contributed by atoms with Gasteiger partial charge < -0.3 is 5.11 Å². The third-order valence-corrected chi connectivity index (χ3v) is 3.14. The molecule has 0 bridgehead atoms. The summed E-state index contributed by atoms with van der Waals surface area (Å²) in [5.41, 5.74) is 0.398. The average molecular weight is 255 g/mol. The molecule has 0 spiro atoms. The van der Waals surface area contributed by atoms with Crippen molar-refractivity contribution in [1.29, 1.82) is 0 Å². The van der Waals surface area contributed by atoms with Crippen LogP contribution in [0.3, 0.4) is 0 Å². The van der Waals surface area contributed by atoms with Gasteiger partial charge in [0.25, 0.3) is 6.43 Å². The van der Waals surface area contributed by atoms with Gasteiger partial charge in [0.15, 0.2) is 0 Å². The molecule has 0 amide bonds. The second kappa shape index (κ2) is 4.58. The first-order chi connectivity index (χ1) is 8.08. The second-order valence-corrected chi connectivity index (χ2v) is 4.29. The number of carboxylic acid groups (broad SMARTS) is 1. The van der Waals surface area contributed by atoms with Crippen LogP contribution in [0.5, 0.6) is 0 Å². The van der Waals surface area contributed by atoms with Crippen LogP contribution in [-0.2, 0) is 0 Å². The lowest BCUT2D eigenvalue weighted by Crippen LogP contribution is -1.89. The third-order valence-electron chi connectivity index (χ3n) is 2.10. The lowest BCUT2D eigenvalue weighted by atomic mass is 10.1. The summed E-state index contributed by atoms with van der Waals surface area (Å²) in [4.78, 5) is 14.7. The summed E-state index contributed by atoms with van der Waals surface area (Å²) in [6.45, 7) is 0. The number of benzene rings is 1. The molecule has 17 heavy (non-hydrogen) atoms. The highest BCUT2D eigenvalue weighted by Gasteiger charge is 2.12. The Morgan fingerprint density at radius 3 is 2.76 bits per heavy atom. The van der Waals surface area contributed by atoms with Crippen LogP contribution in [0.25, 0.3) is 10.6 Å². The van der Waals surface area contributed by atoms with Gasteiger partial charge in [-0.2, -0.15) is 0 Å². The number of aromatic nitrogens is 1. The van der Waals surface area contributed by atoms with Crippen molar-refractivity contribution in [2.45, 2.75) is 6.43 Å². The van der Waals surface area contributed by atoms with Gasteiger partial charge >= 0.3 is 5.97 Å². The quantitative estimate of drug-likeness (QED) is 0.913. The Balaban J connectivity index is 2.38. The van der Waals surface area contributed by atoms with Gasteiger partial charge in [0.1, 0.15) is 9.88 Å². The molecule has 0 aliphatic carbocycles. The molecule has 0 saturated heterocycles. The molecule has 1 aromatic heterocycles. The molecule has 2 rings (SSSR count). The van der Waals surface area contributed by atoms with Gasteiger partial charge in [0.2, 0.25) is 0 Å². The van der Waals surface area contributed by atoms with E-state index in [-0.39, 0.29) is 10.4 Å². The Bertz CT molecular complexity index is 554. The number of halogens is 2. The van der Waals surface area contributed by atoms with E-state index in [1.54, 1.807) is 6.07 Å². The van der Waals surface area contributed by atoms with E-state index in [0.29, 0.717) is 10.6 Å². The number of carboxylic acids is 1. The molecule has 3 nitrogen and oxygen atoms in total. The van der Waals surface area contributed by atoms with E-state index in [0.717, 1.165) is 11.3 Å². The Hall–Kier alpha value is -1.82. The van der Waals surface area contributed by atoms with Crippen LogP contribution in [-0.4, -0.2) is 16.1 Å². The first kappa shape index (κ1) is 11.7. The molecule has 0 saturated carbocycles. The summed E-state index contributed by atoms with van der Waals surface area (Å²) >= 11 is 0.959. The topological polar surface area (TPSA) is 50.2 Å². The zero-order valence-corrected chi connectivity index (χ0v) is 9.25. The summed E-state index contributed by atoms with van der Waals surface area (Å²) < 4.78 is 25.0. The predicted octanol–water partition coefficient (Wildman–Crippen LogP) is 3.45. The van der Waals surface area contributed by atoms with Crippen molar-refractivity contribution >= 4 is 17.3 Å². The minimum Gasteiger partial charge on any atom is -0.477 e. The lowest BCUT2D eigenvalue weighted by Gasteiger charge is -2.01. The standard InChI is InChI=1S/C11H7F2NO2S/c12-9(13)6-2-1-3-7(4-6)10-14-5-8(17-10)11(15)16/h1-5,9H,(H,15,16). The van der Waals surface area contributed by atoms with Gasteiger partial charge in [0, 0.05) is 11.1 Å². The van der Waals surface area contributed by atoms with Crippen molar-refractivity contribution in [3.8, 4) is 10.6 Å². The molecule has 0 unspecified atom stereocenters. The van der Waals surface area contributed by atoms with E-state index in [1.807, 2.05) is 0 Å². The van der Waals surface area contributed by atoms with E-state index >= 15 is 0 Å². The smallest absolute Gasteiger partial charge is 0.347 e. The Morgan fingerprint density at radius 1 is 1.41 bits per heavy atom. The minimum absolute atomic E-state index is 0.0856. The van der Waals surface area contributed by atoms with Crippen LogP contribution in [0.4, 0.5) is 8.78 Å². The van der Waals surface area contributed by atoms with Crippen molar-refractivity contribution in [2.75, 3.05) is 0 Å². The van der Waals surface area contributed by atoms with E-state index < -0.39 is 12.4 Å². The molecular weight excluding hydrogens is 248 g/mol. The van der Waals surface area contributed by atoms with Crippen LogP contribution < -0.4 is 0 Å². The molecule has 0 fully saturated rings. The minimum atomic E-state index is -2.55. The number of hydrogen-bond acceptors (Lipinski definition) is 3. The van der Waals surface area contributed by atoms with Crippen molar-refractivity contribution in [1.82, 2.24) is 4.98 Å². The second-order valence-electron chi connectivity index (χ2n) is 3.26. The fourth-order valence-corrected chi connectivity index (χ4v) is 2.07. The lowest BCUT2D eigenvalue weighted by molar-refractivity contribution is 0.0702. The monoisotopic (exact) mass is 255 g/mol. The molecule has 88 valence electrons. The largest absolute Gasteiger partial charge is 0.477 e. The fourth-order valence-electron chi connectivity index (χ4n) is 1.31. The van der Waals surface area contributed by atoms with E-state index in [2.05, 4.69) is 4.98 Å². The molecule has 6 heteroatoms. The van der Waals surface area contributed by atoms with Gasteiger partial charge in [-0.15, -0.1) is 11.3 Å². The van der Waals surface area contributed by atoms with Crippen molar-refractivity contribution in [3.63, 3.8) is 0 Å². The highest BCUT2D eigenvalue weighted by atomic mass is 32.1. The molecule has 1 heterocycles. The van der Waals surface area contributed by atoms with Crippen molar-refractivity contribution < 1.29 is 18.7 Å². The van der Waals surface area contributed by atoms with Crippen LogP contribution in [0.15, 0.2) is 30.5 Å². The molecule has 0 aliphatic rings. The summed E-state index contributed by atoms with van der Waals surface area (Å²) in [5, 5.41) is 9.16. The van der Waals surface area contributed by atoms with Crippen molar-refractivity contribution in [3.05, 3.63) is 40.9 Å². The van der Waals surface area contributed by atoms with Crippen LogP contribution in [0, 0.1) is 0 Å². The maximum Gasteiger partial charge on any atom is 0.347 e. The fraction of sp³-hybridized carbons (Fsp3) is 0.0909. The van der Waals surface area contributed by atoms with E-state index in [1.165, 1.54) is 24.4 Å². The number of rotatable bonds is 3. The van der Waals surface area contributed by atoms with Gasteiger partial charge in [-0.05, 0) is 6.07 Å². The van der Waals surface area contributed by atoms with Crippen LogP contribution >= 0.6 is 11.3 Å². The van der Waals surface area contributed by atoms with Crippen LogP contribution in [0.1, 0.15) is 21.7 Å². The van der Waals surface area contributed by atoms with Gasteiger partial charge in [0.05, 0.1) is 6.20 Å². The first-order valence-corrected chi connectivity index (χ1v) is 5.47. The average Bonchev–Trinajstić information content (AvgIpc) is 2.78. The third kappa shape index (κ3) is 2.47. The zero-order valence-electron chi connectivity index (χ0n) is 8.43. The van der Waals surface area contributed by atoms with Gasteiger partial charge in [-0.3, -0.25) is 0 Å². The summed E-state index contributed by atoms with van der Waals surface area (Å²) in [5.74, 6) is -1.07. The van der Waals surface area contributed by atoms with Gasteiger partial charge in [-0.1, -0.05) is 18.2 Å². The normalized spacial score (nSPS) is 10.8. The number of hydrogen-bond donors (Lipinski definition) is 1. The molecule has 0 aliphatic heterocycles. The highest BCUT2D eigenvalue weighted by Crippen LogP contribution is 2.28. The highest BCUT2D eigenvalue weighted by molar-refractivity contribution is 7.16. The number of aromatic carboxylic acids is 1. The number of thiazole rings is 1. The summed E-state index contributed by atoms with van der Waals surface area (Å²) in [6, 6.07) is 5.75.